The first-order valence-electron chi connectivity index (χ1n) is 16.7. The number of aryl methyl sites for hydroxylation is 1. The molecule has 1 N–H and O–H groups in total. The predicted molar refractivity (Wildman–Crippen MR) is 181 cm³/mol. The van der Waals surface area contributed by atoms with Gasteiger partial charge in [0, 0.05) is 12.0 Å². The summed E-state index contributed by atoms with van der Waals surface area (Å²) in [5.41, 5.74) is 3.82. The lowest BCUT2D eigenvalue weighted by atomic mass is 9.81. The number of esters is 2. The molecule has 1 aliphatic carbocycles. The van der Waals surface area contributed by atoms with Crippen LogP contribution < -0.4 is 5.32 Å². The quantitative estimate of drug-likeness (QED) is 0.251. The monoisotopic (exact) mass is 630 g/mol. The van der Waals surface area contributed by atoms with Gasteiger partial charge in [-0.25, -0.2) is 4.79 Å². The van der Waals surface area contributed by atoms with E-state index in [4.69, 9.17) is 9.47 Å². The standard InChI is InChI=1S/C40H42N2O5/c1-2-46-39(44)33(26-25-28-15-6-3-7-16-28)41-34-27-31-21-12-13-22-32(31)35-23-14-24-36(42(35)38(34)43)40(45)47-37(29-17-8-4-9-18-29)30-19-10-5-11-20-30/h3-13,15-22,27,32-37,41H,2,14,23-26H2,1H3. The van der Waals surface area contributed by atoms with Crippen molar-refractivity contribution in [3.63, 3.8) is 0 Å². The summed E-state index contributed by atoms with van der Waals surface area (Å²) >= 11 is 0. The summed E-state index contributed by atoms with van der Waals surface area (Å²) in [6, 6.07) is 26.8. The molecule has 2 heterocycles. The second-order valence-corrected chi connectivity index (χ2v) is 12.3. The van der Waals surface area contributed by atoms with Gasteiger partial charge in [-0.1, -0.05) is 121 Å². The van der Waals surface area contributed by atoms with E-state index in [0.29, 0.717) is 19.3 Å². The molecule has 0 spiro atoms. The summed E-state index contributed by atoms with van der Waals surface area (Å²) in [5, 5.41) is 3.37. The maximum absolute atomic E-state index is 14.7. The number of benzene rings is 3. The Morgan fingerprint density at radius 1 is 0.894 bits per heavy atom. The molecular weight excluding hydrogens is 588 g/mol. The van der Waals surface area contributed by atoms with Crippen LogP contribution in [0.25, 0.3) is 0 Å². The second-order valence-electron chi connectivity index (χ2n) is 12.3. The van der Waals surface area contributed by atoms with Crippen molar-refractivity contribution in [2.45, 2.75) is 69.3 Å². The minimum absolute atomic E-state index is 0.0734. The second kappa shape index (κ2) is 15.2. The Morgan fingerprint density at radius 2 is 1.55 bits per heavy atom. The Morgan fingerprint density at radius 3 is 2.21 bits per heavy atom. The zero-order valence-electron chi connectivity index (χ0n) is 26.7. The third kappa shape index (κ3) is 7.47. The normalized spacial score (nSPS) is 22.5. The number of nitrogens with one attached hydrogen (secondary N) is 1. The molecule has 47 heavy (non-hydrogen) atoms. The largest absolute Gasteiger partial charge is 0.465 e. The maximum atomic E-state index is 14.7. The zero-order valence-corrected chi connectivity index (χ0v) is 26.7. The molecule has 5 atom stereocenters. The van der Waals surface area contributed by atoms with E-state index >= 15 is 0 Å². The molecule has 1 amide bonds. The highest BCUT2D eigenvalue weighted by Gasteiger charge is 2.47. The Labute approximate surface area is 277 Å². The molecular formula is C40H42N2O5. The molecule has 1 saturated heterocycles. The molecule has 7 nitrogen and oxygen atoms in total. The van der Waals surface area contributed by atoms with Gasteiger partial charge in [0.25, 0.3) is 0 Å². The number of hydrogen-bond donors (Lipinski definition) is 1. The van der Waals surface area contributed by atoms with Crippen LogP contribution in [0.15, 0.2) is 127 Å². The zero-order chi connectivity index (χ0) is 32.6. The molecule has 2 aliphatic heterocycles. The smallest absolute Gasteiger partial charge is 0.329 e. The van der Waals surface area contributed by atoms with Crippen LogP contribution in [-0.4, -0.2) is 53.5 Å². The Kier molecular flexibility index (Phi) is 10.4. The van der Waals surface area contributed by atoms with Crippen LogP contribution in [0.2, 0.25) is 0 Å². The molecule has 0 saturated carbocycles. The van der Waals surface area contributed by atoms with Crippen molar-refractivity contribution in [1.29, 1.82) is 0 Å². The average Bonchev–Trinajstić information content (AvgIpc) is 3.24. The summed E-state index contributed by atoms with van der Waals surface area (Å²) in [6.07, 6.45) is 12.6. The van der Waals surface area contributed by atoms with Gasteiger partial charge >= 0.3 is 11.9 Å². The lowest BCUT2D eigenvalue weighted by molar-refractivity contribution is -0.163. The van der Waals surface area contributed by atoms with E-state index in [1.54, 1.807) is 11.8 Å². The molecule has 0 bridgehead atoms. The van der Waals surface area contributed by atoms with Crippen LogP contribution >= 0.6 is 0 Å². The van der Waals surface area contributed by atoms with E-state index in [1.807, 2.05) is 115 Å². The van der Waals surface area contributed by atoms with Gasteiger partial charge in [0.05, 0.1) is 6.61 Å². The van der Waals surface area contributed by atoms with Gasteiger partial charge in [-0.05, 0) is 61.3 Å². The highest BCUT2D eigenvalue weighted by Crippen LogP contribution is 2.38. The topological polar surface area (TPSA) is 84.9 Å². The molecule has 3 aromatic rings. The van der Waals surface area contributed by atoms with E-state index in [1.165, 1.54) is 0 Å². The lowest BCUT2D eigenvalue weighted by Crippen LogP contribution is -2.60. The van der Waals surface area contributed by atoms with Crippen molar-refractivity contribution in [2.24, 2.45) is 5.92 Å². The number of carbonyl (C=O) groups is 3. The molecule has 5 unspecified atom stereocenters. The number of amides is 1. The number of fused-ring (bicyclic) bond motifs is 3. The minimum Gasteiger partial charge on any atom is -0.465 e. The van der Waals surface area contributed by atoms with E-state index in [-0.39, 0.29) is 24.5 Å². The summed E-state index contributed by atoms with van der Waals surface area (Å²) in [5.74, 6) is -1.13. The van der Waals surface area contributed by atoms with Crippen molar-refractivity contribution in [1.82, 2.24) is 10.2 Å². The number of ether oxygens (including phenoxy) is 2. The fourth-order valence-electron chi connectivity index (χ4n) is 7.03. The summed E-state index contributed by atoms with van der Waals surface area (Å²) in [4.78, 5) is 43.9. The van der Waals surface area contributed by atoms with Gasteiger partial charge in [0.15, 0.2) is 6.10 Å². The van der Waals surface area contributed by atoms with Crippen molar-refractivity contribution in [2.75, 3.05) is 6.61 Å². The fraction of sp³-hybridized carbons (Fsp3) is 0.325. The number of carbonyl (C=O) groups excluding carboxylic acids is 3. The molecule has 7 heteroatoms. The van der Waals surface area contributed by atoms with Crippen LogP contribution in [-0.2, 0) is 30.3 Å². The average molecular weight is 631 g/mol. The van der Waals surface area contributed by atoms with E-state index in [2.05, 4.69) is 11.4 Å². The predicted octanol–water partition coefficient (Wildman–Crippen LogP) is 6.27. The van der Waals surface area contributed by atoms with Gasteiger partial charge < -0.3 is 14.4 Å². The van der Waals surface area contributed by atoms with Gasteiger partial charge in [0.2, 0.25) is 5.91 Å². The summed E-state index contributed by atoms with van der Waals surface area (Å²) in [6.45, 7) is 2.02. The Balaban J connectivity index is 1.30. The highest BCUT2D eigenvalue weighted by molar-refractivity contribution is 5.91. The van der Waals surface area contributed by atoms with Gasteiger partial charge in [-0.3, -0.25) is 14.9 Å². The van der Waals surface area contributed by atoms with Crippen LogP contribution in [0, 0.1) is 5.92 Å². The van der Waals surface area contributed by atoms with Gasteiger partial charge in [0.1, 0.15) is 18.1 Å². The van der Waals surface area contributed by atoms with Gasteiger partial charge in [-0.2, -0.15) is 0 Å². The first-order valence-corrected chi connectivity index (χ1v) is 16.7. The molecule has 0 radical (unpaired) electrons. The van der Waals surface area contributed by atoms with Crippen molar-refractivity contribution in [3.8, 4) is 0 Å². The maximum Gasteiger partial charge on any atom is 0.329 e. The van der Waals surface area contributed by atoms with E-state index < -0.39 is 36.2 Å². The fourth-order valence-corrected chi connectivity index (χ4v) is 7.03. The Bertz CT molecular complexity index is 1580. The van der Waals surface area contributed by atoms with Crippen molar-refractivity contribution in [3.05, 3.63) is 144 Å². The third-order valence-corrected chi connectivity index (χ3v) is 9.29. The van der Waals surface area contributed by atoms with E-state index in [0.717, 1.165) is 35.1 Å². The van der Waals surface area contributed by atoms with Crippen molar-refractivity contribution < 1.29 is 23.9 Å². The third-order valence-electron chi connectivity index (χ3n) is 9.29. The number of allylic oxidation sites excluding steroid dienone is 3. The molecule has 6 rings (SSSR count). The lowest BCUT2D eigenvalue weighted by Gasteiger charge is -2.44. The first kappa shape index (κ1) is 32.2. The Hall–Kier alpha value is -4.75. The molecule has 3 aromatic carbocycles. The number of piperidine rings is 1. The van der Waals surface area contributed by atoms with Crippen LogP contribution in [0.5, 0.6) is 0 Å². The number of rotatable bonds is 11. The summed E-state index contributed by atoms with van der Waals surface area (Å²) in [7, 11) is 0. The molecule has 0 aromatic heterocycles. The van der Waals surface area contributed by atoms with E-state index in [9.17, 15) is 14.4 Å². The molecule has 1 fully saturated rings. The van der Waals surface area contributed by atoms with Gasteiger partial charge in [-0.15, -0.1) is 0 Å². The van der Waals surface area contributed by atoms with Crippen LogP contribution in [0.4, 0.5) is 0 Å². The SMILES string of the molecule is CCOC(=O)C(CCc1ccccc1)NC1C=C2C=CC=CC2C2CCCC(C(=O)OC(c3ccccc3)c3ccccc3)N2C1=O. The molecule has 3 aliphatic rings. The van der Waals surface area contributed by atoms with Crippen molar-refractivity contribution >= 4 is 17.8 Å². The van der Waals surface area contributed by atoms with Crippen LogP contribution in [0.3, 0.4) is 0 Å². The number of hydrogen-bond acceptors (Lipinski definition) is 6. The summed E-state index contributed by atoms with van der Waals surface area (Å²) < 4.78 is 11.8. The highest BCUT2D eigenvalue weighted by atomic mass is 16.5. The van der Waals surface area contributed by atoms with Crippen LogP contribution in [0.1, 0.15) is 55.4 Å². The minimum atomic E-state index is -0.828. The first-order chi connectivity index (χ1) is 23.0. The molecule has 242 valence electrons. The number of nitrogens with zero attached hydrogens (tertiary/aromatic N) is 1.